The van der Waals surface area contributed by atoms with E-state index < -0.39 is 6.01 Å². The number of rotatable bonds is 5. The average molecular weight is 439 g/mol. The lowest BCUT2D eigenvalue weighted by atomic mass is 9.88. The molecule has 1 aliphatic heterocycles. The molecule has 4 rings (SSSR count). The Kier molecular flexibility index (Phi) is 6.33. The third-order valence-corrected chi connectivity index (χ3v) is 6.62. The molecule has 4 nitrogen and oxygen atoms in total. The third-order valence-electron chi connectivity index (χ3n) is 6.62. The molecule has 172 valence electrons. The Labute approximate surface area is 191 Å². The molecule has 1 unspecified atom stereocenters. The number of hydrogen-bond donors (Lipinski definition) is 0. The Bertz CT molecular complexity index is 1080. The molecule has 0 radical (unpaired) electrons. The van der Waals surface area contributed by atoms with E-state index in [-0.39, 0.29) is 5.54 Å². The van der Waals surface area contributed by atoms with Crippen molar-refractivity contribution in [2.45, 2.75) is 58.7 Å². The molecule has 0 amide bonds. The summed E-state index contributed by atoms with van der Waals surface area (Å²) in [5.41, 5.74) is 4.45. The van der Waals surface area contributed by atoms with Gasteiger partial charge in [-0.3, -0.25) is 9.80 Å². The molecule has 1 aromatic heterocycles. The first-order valence-electron chi connectivity index (χ1n) is 11.5. The van der Waals surface area contributed by atoms with E-state index in [1.165, 1.54) is 17.2 Å². The minimum Gasteiger partial charge on any atom is -0.493 e. The van der Waals surface area contributed by atoms with E-state index in [0.29, 0.717) is 23.3 Å². The number of piperazine rings is 1. The second-order valence-corrected chi connectivity index (χ2v) is 10.1. The smallest absolute Gasteiger partial charge is 0.279 e. The molecule has 2 heterocycles. The van der Waals surface area contributed by atoms with Crippen LogP contribution in [0.5, 0.6) is 5.75 Å². The number of methoxy groups -OCH3 is 1. The van der Waals surface area contributed by atoms with Gasteiger partial charge in [0.2, 0.25) is 0 Å². The van der Waals surface area contributed by atoms with Crippen molar-refractivity contribution in [3.05, 3.63) is 65.2 Å². The Hall–Kier alpha value is -2.37. The van der Waals surface area contributed by atoms with Gasteiger partial charge in [-0.2, -0.15) is 4.39 Å². The van der Waals surface area contributed by atoms with E-state index in [1.54, 1.807) is 7.11 Å². The van der Waals surface area contributed by atoms with Crippen molar-refractivity contribution in [1.29, 1.82) is 0 Å². The number of ether oxygens (including phenoxy) is 1. The molecule has 0 spiro atoms. The molecule has 5 heteroatoms. The molecular weight excluding hydrogens is 403 g/mol. The van der Waals surface area contributed by atoms with Crippen molar-refractivity contribution in [3.8, 4) is 5.75 Å². The summed E-state index contributed by atoms with van der Waals surface area (Å²) >= 11 is 0. The van der Waals surface area contributed by atoms with Crippen molar-refractivity contribution >= 4 is 11.0 Å². The topological polar surface area (TPSA) is 28.9 Å². The number of fused-ring (bicyclic) bond motifs is 1. The second-order valence-electron chi connectivity index (χ2n) is 10.1. The Morgan fingerprint density at radius 1 is 1.12 bits per heavy atom. The van der Waals surface area contributed by atoms with E-state index in [1.807, 2.05) is 12.1 Å². The molecule has 3 aromatic rings. The van der Waals surface area contributed by atoms with E-state index in [2.05, 4.69) is 68.7 Å². The lowest BCUT2D eigenvalue weighted by Gasteiger charge is -2.49. The van der Waals surface area contributed by atoms with Crippen LogP contribution in [0.1, 0.15) is 63.3 Å². The Morgan fingerprint density at radius 2 is 1.88 bits per heavy atom. The molecular formula is C27H35FN2O2. The first kappa shape index (κ1) is 22.8. The number of nitrogens with zero attached hydrogens (tertiary/aromatic N) is 2. The third kappa shape index (κ3) is 4.41. The molecule has 0 N–H and O–H groups in total. The fraction of sp³-hybridized carbons (Fsp3) is 0.481. The van der Waals surface area contributed by atoms with Crippen LogP contribution in [-0.4, -0.2) is 42.1 Å². The van der Waals surface area contributed by atoms with Gasteiger partial charge in [0, 0.05) is 49.2 Å². The predicted octanol–water partition coefficient (Wildman–Crippen LogP) is 6.36. The number of halogens is 1. The molecule has 32 heavy (non-hydrogen) atoms. The maximum absolute atomic E-state index is 13.9. The van der Waals surface area contributed by atoms with Crippen molar-refractivity contribution in [2.24, 2.45) is 0 Å². The summed E-state index contributed by atoms with van der Waals surface area (Å²) < 4.78 is 24.6. The highest BCUT2D eigenvalue weighted by Gasteiger charge is 2.36. The summed E-state index contributed by atoms with van der Waals surface area (Å²) in [5.74, 6) is 1.03. The van der Waals surface area contributed by atoms with Crippen LogP contribution in [0.2, 0.25) is 0 Å². The van der Waals surface area contributed by atoms with Crippen LogP contribution in [0.4, 0.5) is 4.39 Å². The maximum Gasteiger partial charge on any atom is 0.279 e. The summed E-state index contributed by atoms with van der Waals surface area (Å²) in [5, 5.41) is 0.791. The van der Waals surface area contributed by atoms with E-state index in [9.17, 15) is 4.39 Å². The van der Waals surface area contributed by atoms with E-state index in [4.69, 9.17) is 9.15 Å². The number of furan rings is 1. The van der Waals surface area contributed by atoms with Crippen LogP contribution in [-0.2, 0) is 6.54 Å². The molecule has 1 atom stereocenters. The van der Waals surface area contributed by atoms with Crippen LogP contribution in [0.3, 0.4) is 0 Å². The molecule has 0 saturated carbocycles. The van der Waals surface area contributed by atoms with Gasteiger partial charge in [-0.05, 0) is 49.4 Å². The Morgan fingerprint density at radius 3 is 2.56 bits per heavy atom. The minimum absolute atomic E-state index is 0.0713. The van der Waals surface area contributed by atoms with Crippen LogP contribution in [0, 0.1) is 6.01 Å². The molecule has 0 aliphatic carbocycles. The van der Waals surface area contributed by atoms with Crippen molar-refractivity contribution in [1.82, 2.24) is 9.80 Å². The number of hydrogen-bond acceptors (Lipinski definition) is 4. The van der Waals surface area contributed by atoms with Gasteiger partial charge in [-0.15, -0.1) is 0 Å². The largest absolute Gasteiger partial charge is 0.493 e. The van der Waals surface area contributed by atoms with Gasteiger partial charge in [0.15, 0.2) is 11.3 Å². The first-order chi connectivity index (χ1) is 15.2. The van der Waals surface area contributed by atoms with Gasteiger partial charge in [0.05, 0.1) is 7.11 Å². The summed E-state index contributed by atoms with van der Waals surface area (Å²) in [4.78, 5) is 5.11. The molecule has 1 aliphatic rings. The highest BCUT2D eigenvalue weighted by Crippen LogP contribution is 2.37. The zero-order valence-corrected chi connectivity index (χ0v) is 20.1. The SMILES string of the molecule is COc1ccc(CN2CCN(C(C)(C)C)C(c3ccccc3C(C)C)C2)c2cc(F)oc12. The minimum atomic E-state index is -0.577. The lowest BCUT2D eigenvalue weighted by molar-refractivity contribution is 0.00567. The molecule has 1 fully saturated rings. The van der Waals surface area contributed by atoms with Gasteiger partial charge in [-0.25, -0.2) is 0 Å². The van der Waals surface area contributed by atoms with E-state index in [0.717, 1.165) is 37.1 Å². The molecule has 0 bridgehead atoms. The van der Waals surface area contributed by atoms with Crippen LogP contribution in [0.25, 0.3) is 11.0 Å². The van der Waals surface area contributed by atoms with Gasteiger partial charge in [0.1, 0.15) is 0 Å². The average Bonchev–Trinajstić information content (AvgIpc) is 3.15. The summed E-state index contributed by atoms with van der Waals surface area (Å²) in [6.07, 6.45) is 0. The maximum atomic E-state index is 13.9. The fourth-order valence-electron chi connectivity index (χ4n) is 5.06. The summed E-state index contributed by atoms with van der Waals surface area (Å²) in [6.45, 7) is 15.1. The van der Waals surface area contributed by atoms with Gasteiger partial charge in [0.25, 0.3) is 6.01 Å². The number of benzene rings is 2. The highest BCUT2D eigenvalue weighted by atomic mass is 19.1. The second kappa shape index (κ2) is 8.87. The van der Waals surface area contributed by atoms with Crippen LogP contribution >= 0.6 is 0 Å². The van der Waals surface area contributed by atoms with Gasteiger partial charge in [-0.1, -0.05) is 44.2 Å². The highest BCUT2D eigenvalue weighted by molar-refractivity contribution is 5.86. The first-order valence-corrected chi connectivity index (χ1v) is 11.5. The van der Waals surface area contributed by atoms with Gasteiger partial charge >= 0.3 is 0 Å². The van der Waals surface area contributed by atoms with Crippen molar-refractivity contribution in [2.75, 3.05) is 26.7 Å². The summed E-state index contributed by atoms with van der Waals surface area (Å²) in [7, 11) is 1.58. The zero-order chi connectivity index (χ0) is 23.0. The van der Waals surface area contributed by atoms with Crippen LogP contribution in [0.15, 0.2) is 46.9 Å². The monoisotopic (exact) mass is 438 g/mol. The van der Waals surface area contributed by atoms with Gasteiger partial charge < -0.3 is 9.15 Å². The zero-order valence-electron chi connectivity index (χ0n) is 20.1. The van der Waals surface area contributed by atoms with Crippen molar-refractivity contribution in [3.63, 3.8) is 0 Å². The quantitative estimate of drug-likeness (QED) is 0.463. The predicted molar refractivity (Wildman–Crippen MR) is 128 cm³/mol. The normalized spacial score (nSPS) is 18.6. The molecule has 1 saturated heterocycles. The van der Waals surface area contributed by atoms with Crippen LogP contribution < -0.4 is 4.74 Å². The summed E-state index contributed by atoms with van der Waals surface area (Å²) in [6, 6.07) is 14.0. The van der Waals surface area contributed by atoms with Crippen molar-refractivity contribution < 1.29 is 13.5 Å². The standard InChI is InChI=1S/C27H35FN2O2/c1-18(2)20-9-7-8-10-21(20)23-17-29(13-14-30(23)27(3,4)5)16-19-11-12-24(31-6)26-22(19)15-25(28)32-26/h7-12,15,18,23H,13-14,16-17H2,1-6H3. The Balaban J connectivity index is 1.67. The van der Waals surface area contributed by atoms with E-state index >= 15 is 0 Å². The molecule has 2 aromatic carbocycles. The lowest BCUT2D eigenvalue weighted by Crippen LogP contribution is -2.55. The fourth-order valence-corrected chi connectivity index (χ4v) is 5.06.